The Morgan fingerprint density at radius 3 is 2.72 bits per heavy atom. The molecule has 1 aromatic rings. The number of esters is 1. The zero-order chi connectivity index (χ0) is 13.5. The molecule has 0 bridgehead atoms. The molecule has 5 heteroatoms. The van der Waals surface area contributed by atoms with Crippen LogP contribution in [0.15, 0.2) is 18.2 Å². The van der Waals surface area contributed by atoms with Gasteiger partial charge in [0.2, 0.25) is 0 Å². The minimum Gasteiger partial charge on any atom is -0.469 e. The molecule has 100 valence electrons. The molecule has 0 aliphatic heterocycles. The van der Waals surface area contributed by atoms with Crippen molar-refractivity contribution in [3.8, 4) is 0 Å². The maximum absolute atomic E-state index is 13.0. The van der Waals surface area contributed by atoms with Crippen LogP contribution in [0.25, 0.3) is 0 Å². The molecule has 1 aromatic carbocycles. The standard InChI is InChI=1S/C13H17F2NO2/c1-9(16-7-3-4-13(17)18-2)10-5-6-11(14)12(15)8-10/h5-6,8-9,16H,3-4,7H2,1-2H3. The largest absolute Gasteiger partial charge is 0.469 e. The number of methoxy groups -OCH3 is 1. The van der Waals surface area contributed by atoms with Gasteiger partial charge in [0.1, 0.15) is 0 Å². The van der Waals surface area contributed by atoms with Crippen molar-refractivity contribution in [2.24, 2.45) is 0 Å². The zero-order valence-corrected chi connectivity index (χ0v) is 10.5. The maximum Gasteiger partial charge on any atom is 0.305 e. The molecular weight excluding hydrogens is 240 g/mol. The highest BCUT2D eigenvalue weighted by Gasteiger charge is 2.08. The van der Waals surface area contributed by atoms with E-state index in [1.165, 1.54) is 19.2 Å². The van der Waals surface area contributed by atoms with Gasteiger partial charge in [-0.1, -0.05) is 6.07 Å². The second-order valence-corrected chi connectivity index (χ2v) is 4.03. The SMILES string of the molecule is COC(=O)CCCNC(C)c1ccc(F)c(F)c1. The Labute approximate surface area is 105 Å². The Morgan fingerprint density at radius 1 is 1.39 bits per heavy atom. The Balaban J connectivity index is 2.38. The van der Waals surface area contributed by atoms with Gasteiger partial charge in [0.05, 0.1) is 7.11 Å². The molecule has 0 heterocycles. The third-order valence-corrected chi connectivity index (χ3v) is 2.68. The molecule has 0 saturated heterocycles. The van der Waals surface area contributed by atoms with E-state index < -0.39 is 11.6 Å². The molecule has 1 unspecified atom stereocenters. The number of ether oxygens (including phenoxy) is 1. The molecule has 1 N–H and O–H groups in total. The monoisotopic (exact) mass is 257 g/mol. The van der Waals surface area contributed by atoms with Gasteiger partial charge in [0.25, 0.3) is 0 Å². The molecule has 0 amide bonds. The van der Waals surface area contributed by atoms with Crippen LogP contribution in [0.5, 0.6) is 0 Å². The number of hydrogen-bond donors (Lipinski definition) is 1. The first-order valence-electron chi connectivity index (χ1n) is 5.79. The lowest BCUT2D eigenvalue weighted by molar-refractivity contribution is -0.140. The summed E-state index contributed by atoms with van der Waals surface area (Å²) in [6, 6.07) is 3.72. The van der Waals surface area contributed by atoms with Crippen molar-refractivity contribution < 1.29 is 18.3 Å². The number of hydrogen-bond acceptors (Lipinski definition) is 3. The van der Waals surface area contributed by atoms with Crippen LogP contribution in [0.4, 0.5) is 8.78 Å². The van der Waals surface area contributed by atoms with Crippen molar-refractivity contribution in [2.75, 3.05) is 13.7 Å². The number of rotatable bonds is 6. The van der Waals surface area contributed by atoms with Gasteiger partial charge in [-0.15, -0.1) is 0 Å². The van der Waals surface area contributed by atoms with Gasteiger partial charge in [-0.3, -0.25) is 4.79 Å². The third-order valence-electron chi connectivity index (χ3n) is 2.68. The van der Waals surface area contributed by atoms with Crippen LogP contribution >= 0.6 is 0 Å². The number of nitrogens with one attached hydrogen (secondary N) is 1. The zero-order valence-electron chi connectivity index (χ0n) is 10.5. The van der Waals surface area contributed by atoms with E-state index in [1.54, 1.807) is 0 Å². The lowest BCUT2D eigenvalue weighted by atomic mass is 10.1. The first kappa shape index (κ1) is 14.6. The lowest BCUT2D eigenvalue weighted by Crippen LogP contribution is -2.20. The van der Waals surface area contributed by atoms with Crippen LogP contribution < -0.4 is 5.32 Å². The average molecular weight is 257 g/mol. The topological polar surface area (TPSA) is 38.3 Å². The summed E-state index contributed by atoms with van der Waals surface area (Å²) in [7, 11) is 1.35. The van der Waals surface area contributed by atoms with E-state index in [9.17, 15) is 13.6 Å². The fourth-order valence-electron chi connectivity index (χ4n) is 1.55. The normalized spacial score (nSPS) is 12.2. The van der Waals surface area contributed by atoms with Crippen LogP contribution in [-0.2, 0) is 9.53 Å². The average Bonchev–Trinajstić information content (AvgIpc) is 2.37. The lowest BCUT2D eigenvalue weighted by Gasteiger charge is -2.14. The Kier molecular flexibility index (Phi) is 5.71. The molecule has 3 nitrogen and oxygen atoms in total. The summed E-state index contributed by atoms with van der Waals surface area (Å²) in [6.07, 6.45) is 0.981. The van der Waals surface area contributed by atoms with Crippen LogP contribution in [0.3, 0.4) is 0 Å². The Morgan fingerprint density at radius 2 is 2.11 bits per heavy atom. The van der Waals surface area contributed by atoms with E-state index in [2.05, 4.69) is 10.1 Å². The highest BCUT2D eigenvalue weighted by Crippen LogP contribution is 2.15. The van der Waals surface area contributed by atoms with Crippen molar-refractivity contribution in [1.29, 1.82) is 0 Å². The molecule has 0 fully saturated rings. The summed E-state index contributed by atoms with van der Waals surface area (Å²) < 4.78 is 30.3. The van der Waals surface area contributed by atoms with Gasteiger partial charge in [-0.05, 0) is 37.6 Å². The smallest absolute Gasteiger partial charge is 0.305 e. The number of benzene rings is 1. The summed E-state index contributed by atoms with van der Waals surface area (Å²) in [6.45, 7) is 2.46. The molecule has 18 heavy (non-hydrogen) atoms. The van der Waals surface area contributed by atoms with E-state index in [1.807, 2.05) is 6.92 Å². The van der Waals surface area contributed by atoms with E-state index in [4.69, 9.17) is 0 Å². The molecule has 1 rings (SSSR count). The fourth-order valence-corrected chi connectivity index (χ4v) is 1.55. The van der Waals surface area contributed by atoms with Crippen molar-refractivity contribution >= 4 is 5.97 Å². The maximum atomic E-state index is 13.0. The Bertz CT molecular complexity index is 410. The highest BCUT2D eigenvalue weighted by atomic mass is 19.2. The van der Waals surface area contributed by atoms with Crippen molar-refractivity contribution in [1.82, 2.24) is 5.32 Å². The minimum absolute atomic E-state index is 0.0993. The van der Waals surface area contributed by atoms with Gasteiger partial charge in [0.15, 0.2) is 11.6 Å². The molecule has 0 spiro atoms. The van der Waals surface area contributed by atoms with E-state index in [-0.39, 0.29) is 12.0 Å². The fraction of sp³-hybridized carbons (Fsp3) is 0.462. The molecular formula is C13H17F2NO2. The first-order chi connectivity index (χ1) is 8.54. The van der Waals surface area contributed by atoms with Gasteiger partial charge >= 0.3 is 5.97 Å². The van der Waals surface area contributed by atoms with Gasteiger partial charge in [0, 0.05) is 12.5 Å². The highest BCUT2D eigenvalue weighted by molar-refractivity contribution is 5.69. The van der Waals surface area contributed by atoms with Gasteiger partial charge in [-0.2, -0.15) is 0 Å². The van der Waals surface area contributed by atoms with Crippen LogP contribution in [0.1, 0.15) is 31.4 Å². The summed E-state index contributed by atoms with van der Waals surface area (Å²) in [5.41, 5.74) is 0.673. The third kappa shape index (κ3) is 4.41. The number of carbonyl (C=O) groups is 1. The minimum atomic E-state index is -0.851. The van der Waals surface area contributed by atoms with Gasteiger partial charge in [-0.25, -0.2) is 8.78 Å². The Hall–Kier alpha value is -1.49. The quantitative estimate of drug-likeness (QED) is 0.628. The van der Waals surface area contributed by atoms with Gasteiger partial charge < -0.3 is 10.1 Å². The van der Waals surface area contributed by atoms with E-state index in [0.717, 1.165) is 6.07 Å². The second kappa shape index (κ2) is 7.06. The molecule has 0 aromatic heterocycles. The summed E-state index contributed by atoms with van der Waals surface area (Å²) in [5, 5.41) is 3.13. The second-order valence-electron chi connectivity index (χ2n) is 4.03. The van der Waals surface area contributed by atoms with E-state index >= 15 is 0 Å². The predicted molar refractivity (Wildman–Crippen MR) is 64.0 cm³/mol. The summed E-state index contributed by atoms with van der Waals surface area (Å²) in [5.74, 6) is -1.95. The predicted octanol–water partition coefficient (Wildman–Crippen LogP) is 2.57. The summed E-state index contributed by atoms with van der Waals surface area (Å²) >= 11 is 0. The molecule has 0 aliphatic carbocycles. The molecule has 0 saturated carbocycles. The van der Waals surface area contributed by atoms with E-state index in [0.29, 0.717) is 24.9 Å². The molecule has 0 radical (unpaired) electrons. The molecule has 1 atom stereocenters. The van der Waals surface area contributed by atoms with Crippen molar-refractivity contribution in [3.63, 3.8) is 0 Å². The summed E-state index contributed by atoms with van der Waals surface area (Å²) in [4.78, 5) is 10.9. The van der Waals surface area contributed by atoms with Crippen molar-refractivity contribution in [2.45, 2.75) is 25.8 Å². The number of carbonyl (C=O) groups excluding carboxylic acids is 1. The van der Waals surface area contributed by atoms with Crippen LogP contribution in [0.2, 0.25) is 0 Å². The first-order valence-corrected chi connectivity index (χ1v) is 5.79. The van der Waals surface area contributed by atoms with Crippen molar-refractivity contribution in [3.05, 3.63) is 35.4 Å². The van der Waals surface area contributed by atoms with Crippen LogP contribution in [0, 0.1) is 11.6 Å². The van der Waals surface area contributed by atoms with Crippen LogP contribution in [-0.4, -0.2) is 19.6 Å². The number of halogens is 2. The molecule has 0 aliphatic rings.